The first-order chi connectivity index (χ1) is 15.5. The van der Waals surface area contributed by atoms with Gasteiger partial charge in [0.2, 0.25) is 5.91 Å². The van der Waals surface area contributed by atoms with Crippen LogP contribution in [0.2, 0.25) is 0 Å². The predicted octanol–water partition coefficient (Wildman–Crippen LogP) is 3.61. The fourth-order valence-corrected chi connectivity index (χ4v) is 3.88. The Hall–Kier alpha value is -3.04. The van der Waals surface area contributed by atoms with Gasteiger partial charge < -0.3 is 18.9 Å². The summed E-state index contributed by atoms with van der Waals surface area (Å²) >= 11 is 0. The summed E-state index contributed by atoms with van der Waals surface area (Å²) in [5.74, 6) is 1.24. The van der Waals surface area contributed by atoms with Crippen LogP contribution in [0.1, 0.15) is 43.5 Å². The van der Waals surface area contributed by atoms with Crippen molar-refractivity contribution in [2.75, 3.05) is 33.4 Å². The van der Waals surface area contributed by atoms with Crippen LogP contribution in [0.15, 0.2) is 42.2 Å². The SMILES string of the molecule is CCC(=Cc1cccc([N+](=O)[O-])c1)C(=O)N1CCC(c2nccn2COCCOC)CC1. The number of aromatic nitrogens is 2. The lowest BCUT2D eigenvalue weighted by Crippen LogP contribution is -2.39. The van der Waals surface area contributed by atoms with Crippen LogP contribution in [0, 0.1) is 10.1 Å². The number of hydrogen-bond acceptors (Lipinski definition) is 6. The molecule has 0 spiro atoms. The lowest BCUT2D eigenvalue weighted by atomic mass is 9.95. The van der Waals surface area contributed by atoms with Gasteiger partial charge in [-0.1, -0.05) is 19.1 Å². The van der Waals surface area contributed by atoms with E-state index in [9.17, 15) is 14.9 Å². The zero-order valence-electron chi connectivity index (χ0n) is 18.6. The number of benzene rings is 1. The van der Waals surface area contributed by atoms with Crippen molar-refractivity contribution in [2.45, 2.75) is 38.8 Å². The van der Waals surface area contributed by atoms with Crippen LogP contribution in [-0.4, -0.2) is 58.7 Å². The Balaban J connectivity index is 1.61. The Morgan fingerprint density at radius 2 is 2.09 bits per heavy atom. The number of methoxy groups -OCH3 is 1. The molecule has 1 saturated heterocycles. The van der Waals surface area contributed by atoms with E-state index in [1.807, 2.05) is 22.6 Å². The number of ether oxygens (including phenoxy) is 2. The summed E-state index contributed by atoms with van der Waals surface area (Å²) in [6, 6.07) is 6.34. The second-order valence-electron chi connectivity index (χ2n) is 7.73. The van der Waals surface area contributed by atoms with E-state index in [2.05, 4.69) is 4.98 Å². The van der Waals surface area contributed by atoms with Crippen molar-refractivity contribution in [1.29, 1.82) is 0 Å². The number of nitro benzene ring substituents is 1. The number of imidazole rings is 1. The lowest BCUT2D eigenvalue weighted by Gasteiger charge is -2.32. The number of hydrogen-bond donors (Lipinski definition) is 0. The molecular formula is C23H30N4O5. The highest BCUT2D eigenvalue weighted by molar-refractivity contribution is 5.97. The Morgan fingerprint density at radius 3 is 2.78 bits per heavy atom. The number of carbonyl (C=O) groups excluding carboxylic acids is 1. The van der Waals surface area contributed by atoms with Crippen LogP contribution in [0.5, 0.6) is 0 Å². The molecule has 172 valence electrons. The van der Waals surface area contributed by atoms with Crippen molar-refractivity contribution in [3.63, 3.8) is 0 Å². The molecule has 1 aromatic carbocycles. The summed E-state index contributed by atoms with van der Waals surface area (Å²) in [5.41, 5.74) is 1.33. The second kappa shape index (κ2) is 11.5. The molecule has 0 bridgehead atoms. The maximum atomic E-state index is 13.1. The van der Waals surface area contributed by atoms with Gasteiger partial charge in [-0.2, -0.15) is 0 Å². The average Bonchev–Trinajstić information content (AvgIpc) is 3.28. The third-order valence-electron chi connectivity index (χ3n) is 5.63. The predicted molar refractivity (Wildman–Crippen MR) is 120 cm³/mol. The van der Waals surface area contributed by atoms with Crippen LogP contribution in [0.4, 0.5) is 5.69 Å². The van der Waals surface area contributed by atoms with Crippen molar-refractivity contribution >= 4 is 17.7 Å². The highest BCUT2D eigenvalue weighted by Crippen LogP contribution is 2.28. The summed E-state index contributed by atoms with van der Waals surface area (Å²) < 4.78 is 12.6. The summed E-state index contributed by atoms with van der Waals surface area (Å²) in [7, 11) is 1.64. The first-order valence-electron chi connectivity index (χ1n) is 10.9. The number of likely N-dealkylation sites (tertiary alicyclic amines) is 1. The minimum Gasteiger partial charge on any atom is -0.382 e. The molecule has 1 amide bonds. The molecule has 2 heterocycles. The Labute approximate surface area is 187 Å². The molecule has 0 aliphatic carbocycles. The van der Waals surface area contributed by atoms with Gasteiger partial charge in [0, 0.05) is 56.2 Å². The zero-order chi connectivity index (χ0) is 22.9. The van der Waals surface area contributed by atoms with Gasteiger partial charge in [0.25, 0.3) is 5.69 Å². The van der Waals surface area contributed by atoms with Crippen LogP contribution >= 0.6 is 0 Å². The van der Waals surface area contributed by atoms with E-state index in [1.54, 1.807) is 31.5 Å². The number of rotatable bonds is 10. The van der Waals surface area contributed by atoms with Gasteiger partial charge in [-0.15, -0.1) is 0 Å². The van der Waals surface area contributed by atoms with Gasteiger partial charge in [0.15, 0.2) is 0 Å². The van der Waals surface area contributed by atoms with E-state index in [0.717, 1.165) is 18.7 Å². The summed E-state index contributed by atoms with van der Waals surface area (Å²) in [6.45, 7) is 4.73. The summed E-state index contributed by atoms with van der Waals surface area (Å²) in [6.07, 6.45) is 7.67. The molecule has 0 unspecified atom stereocenters. The van der Waals surface area contributed by atoms with Gasteiger partial charge in [0.1, 0.15) is 12.6 Å². The molecule has 9 nitrogen and oxygen atoms in total. The molecule has 0 radical (unpaired) electrons. The zero-order valence-corrected chi connectivity index (χ0v) is 18.6. The summed E-state index contributed by atoms with van der Waals surface area (Å²) in [4.78, 5) is 30.1. The lowest BCUT2D eigenvalue weighted by molar-refractivity contribution is -0.384. The molecular weight excluding hydrogens is 412 g/mol. The van der Waals surface area contributed by atoms with Crippen molar-refractivity contribution in [2.24, 2.45) is 0 Å². The minimum atomic E-state index is -0.429. The Kier molecular flexibility index (Phi) is 8.52. The first-order valence-corrected chi connectivity index (χ1v) is 10.9. The Morgan fingerprint density at radius 1 is 1.31 bits per heavy atom. The molecule has 9 heteroatoms. The average molecular weight is 443 g/mol. The van der Waals surface area contributed by atoms with E-state index in [4.69, 9.17) is 9.47 Å². The van der Waals surface area contributed by atoms with E-state index >= 15 is 0 Å². The normalized spacial score (nSPS) is 15.2. The number of nitrogens with zero attached hydrogens (tertiary/aromatic N) is 4. The molecule has 1 aliphatic heterocycles. The van der Waals surface area contributed by atoms with Crippen molar-refractivity contribution < 1.29 is 19.2 Å². The molecule has 1 aromatic heterocycles. The maximum Gasteiger partial charge on any atom is 0.270 e. The minimum absolute atomic E-state index is 0.0105. The summed E-state index contributed by atoms with van der Waals surface area (Å²) in [5, 5.41) is 11.0. The molecule has 1 fully saturated rings. The molecule has 0 atom stereocenters. The van der Waals surface area contributed by atoms with Crippen molar-refractivity contribution in [3.8, 4) is 0 Å². The molecule has 2 aromatic rings. The number of amides is 1. The molecule has 32 heavy (non-hydrogen) atoms. The number of nitro groups is 1. The smallest absolute Gasteiger partial charge is 0.270 e. The molecule has 0 saturated carbocycles. The van der Waals surface area contributed by atoms with Crippen LogP contribution < -0.4 is 0 Å². The fourth-order valence-electron chi connectivity index (χ4n) is 3.88. The third kappa shape index (κ3) is 6.02. The molecule has 1 aliphatic rings. The fraction of sp³-hybridized carbons (Fsp3) is 0.478. The molecule has 3 rings (SSSR count). The highest BCUT2D eigenvalue weighted by atomic mass is 16.6. The quantitative estimate of drug-likeness (QED) is 0.241. The van der Waals surface area contributed by atoms with Crippen LogP contribution in [0.25, 0.3) is 6.08 Å². The van der Waals surface area contributed by atoms with Gasteiger partial charge >= 0.3 is 0 Å². The van der Waals surface area contributed by atoms with Gasteiger partial charge in [-0.05, 0) is 30.9 Å². The van der Waals surface area contributed by atoms with Gasteiger partial charge in [-0.25, -0.2) is 4.98 Å². The van der Waals surface area contributed by atoms with Gasteiger partial charge in [0.05, 0.1) is 18.1 Å². The largest absolute Gasteiger partial charge is 0.382 e. The van der Waals surface area contributed by atoms with E-state index in [1.165, 1.54) is 12.1 Å². The first kappa shape index (κ1) is 23.6. The Bertz CT molecular complexity index is 947. The van der Waals surface area contributed by atoms with Gasteiger partial charge in [-0.3, -0.25) is 14.9 Å². The van der Waals surface area contributed by atoms with Crippen molar-refractivity contribution in [1.82, 2.24) is 14.5 Å². The van der Waals surface area contributed by atoms with Crippen molar-refractivity contribution in [3.05, 3.63) is 63.7 Å². The monoisotopic (exact) mass is 442 g/mol. The van der Waals surface area contributed by atoms with E-state index in [0.29, 0.717) is 50.6 Å². The second-order valence-corrected chi connectivity index (χ2v) is 7.73. The number of carbonyl (C=O) groups is 1. The topological polar surface area (TPSA) is 99.7 Å². The highest BCUT2D eigenvalue weighted by Gasteiger charge is 2.27. The number of piperidine rings is 1. The number of non-ortho nitro benzene ring substituents is 1. The van der Waals surface area contributed by atoms with E-state index < -0.39 is 4.92 Å². The third-order valence-corrected chi connectivity index (χ3v) is 5.63. The van der Waals surface area contributed by atoms with Crippen LogP contribution in [0.3, 0.4) is 0 Å². The van der Waals surface area contributed by atoms with Crippen LogP contribution in [-0.2, 0) is 21.0 Å². The standard InChI is InChI=1S/C23H30N4O5/c1-3-19(15-18-5-4-6-21(16-18)27(29)30)23(28)25-10-7-20(8-11-25)22-24-9-12-26(22)17-32-14-13-31-2/h4-6,9,12,15-16,20H,3,7-8,10-11,13-14,17H2,1-2H3. The molecule has 0 N–H and O–H groups in total. The maximum absolute atomic E-state index is 13.1. The van der Waals surface area contributed by atoms with E-state index in [-0.39, 0.29) is 17.5 Å².